The average molecular weight is 178 g/mol. The highest BCUT2D eigenvalue weighted by Crippen LogP contribution is 2.25. The van der Waals surface area contributed by atoms with Crippen LogP contribution in [0, 0.1) is 0 Å². The van der Waals surface area contributed by atoms with E-state index in [1.807, 2.05) is 0 Å². The third kappa shape index (κ3) is 3.38. The summed E-state index contributed by atoms with van der Waals surface area (Å²) in [5.41, 5.74) is 3.37. The molecule has 1 rings (SSSR count). The Morgan fingerprint density at radius 3 is 2.62 bits per heavy atom. The summed E-state index contributed by atoms with van der Waals surface area (Å²) < 4.78 is 0. The maximum absolute atomic E-state index is 2.38. The number of hydrogen-bond acceptors (Lipinski definition) is 0. The molecule has 0 aliphatic heterocycles. The smallest absolute Gasteiger partial charge is 0.0282 e. The molecule has 0 aromatic heterocycles. The van der Waals surface area contributed by atoms with Crippen LogP contribution in [0.4, 0.5) is 0 Å². The first kappa shape index (κ1) is 10.6. The molecular formula is C13H22. The van der Waals surface area contributed by atoms with Crippen molar-refractivity contribution < 1.29 is 0 Å². The largest absolute Gasteiger partial charge is 0.0843 e. The Kier molecular flexibility index (Phi) is 4.88. The molecule has 0 radical (unpaired) electrons. The van der Waals surface area contributed by atoms with E-state index in [9.17, 15) is 0 Å². The number of allylic oxidation sites excluding steroid dienone is 4. The van der Waals surface area contributed by atoms with Crippen LogP contribution in [0.2, 0.25) is 0 Å². The van der Waals surface area contributed by atoms with Crippen LogP contribution in [-0.2, 0) is 0 Å². The molecule has 0 aromatic carbocycles. The van der Waals surface area contributed by atoms with Gasteiger partial charge in [0.05, 0.1) is 0 Å². The first-order valence-corrected chi connectivity index (χ1v) is 5.76. The topological polar surface area (TPSA) is 0 Å². The van der Waals surface area contributed by atoms with Gasteiger partial charge >= 0.3 is 0 Å². The van der Waals surface area contributed by atoms with E-state index in [2.05, 4.69) is 26.0 Å². The van der Waals surface area contributed by atoms with E-state index in [4.69, 9.17) is 0 Å². The molecule has 0 amide bonds. The van der Waals surface area contributed by atoms with E-state index in [0.29, 0.717) is 0 Å². The van der Waals surface area contributed by atoms with Crippen LogP contribution in [0.1, 0.15) is 58.8 Å². The lowest BCUT2D eigenvalue weighted by Crippen LogP contribution is -1.89. The monoisotopic (exact) mass is 178 g/mol. The fourth-order valence-electron chi connectivity index (χ4n) is 2.05. The maximum Gasteiger partial charge on any atom is -0.0282 e. The summed E-state index contributed by atoms with van der Waals surface area (Å²) in [5, 5.41) is 0. The van der Waals surface area contributed by atoms with E-state index in [1.165, 1.54) is 44.9 Å². The van der Waals surface area contributed by atoms with Crippen molar-refractivity contribution in [1.29, 1.82) is 0 Å². The number of rotatable bonds is 4. The maximum atomic E-state index is 2.38. The molecule has 1 aliphatic carbocycles. The van der Waals surface area contributed by atoms with Gasteiger partial charge in [-0.3, -0.25) is 0 Å². The summed E-state index contributed by atoms with van der Waals surface area (Å²) in [6.45, 7) is 4.56. The third-order valence-electron chi connectivity index (χ3n) is 2.69. The summed E-state index contributed by atoms with van der Waals surface area (Å²) in [6.07, 6.45) is 13.9. The van der Waals surface area contributed by atoms with E-state index in [1.54, 1.807) is 11.1 Å². The van der Waals surface area contributed by atoms with Crippen molar-refractivity contribution >= 4 is 0 Å². The first-order valence-electron chi connectivity index (χ1n) is 5.76. The van der Waals surface area contributed by atoms with Crippen molar-refractivity contribution in [1.82, 2.24) is 0 Å². The molecule has 0 heteroatoms. The lowest BCUT2D eigenvalue weighted by atomic mass is 9.97. The molecule has 0 atom stereocenters. The highest BCUT2D eigenvalue weighted by molar-refractivity contribution is 5.27. The second-order valence-electron chi connectivity index (χ2n) is 3.92. The third-order valence-corrected chi connectivity index (χ3v) is 2.69. The van der Waals surface area contributed by atoms with Gasteiger partial charge in [0.15, 0.2) is 0 Å². The molecule has 0 N–H and O–H groups in total. The summed E-state index contributed by atoms with van der Waals surface area (Å²) in [4.78, 5) is 0. The molecule has 0 nitrogen and oxygen atoms in total. The minimum absolute atomic E-state index is 1.28. The molecule has 0 heterocycles. The van der Waals surface area contributed by atoms with Gasteiger partial charge < -0.3 is 0 Å². The SMILES string of the molecule is CCCC1=C(CCC)CCCC=C1. The molecule has 0 unspecified atom stereocenters. The Balaban J connectivity index is 2.69. The van der Waals surface area contributed by atoms with Crippen molar-refractivity contribution in [2.75, 3.05) is 0 Å². The summed E-state index contributed by atoms with van der Waals surface area (Å²) in [5.74, 6) is 0. The molecule has 1 aliphatic rings. The predicted octanol–water partition coefficient (Wildman–Crippen LogP) is 4.62. The van der Waals surface area contributed by atoms with Gasteiger partial charge in [0.2, 0.25) is 0 Å². The molecule has 0 saturated carbocycles. The number of hydrogen-bond donors (Lipinski definition) is 0. The van der Waals surface area contributed by atoms with Gasteiger partial charge in [-0.15, -0.1) is 0 Å². The zero-order valence-electron chi connectivity index (χ0n) is 9.10. The highest BCUT2D eigenvalue weighted by Gasteiger charge is 2.05. The van der Waals surface area contributed by atoms with Crippen molar-refractivity contribution in [3.05, 3.63) is 23.3 Å². The first-order chi connectivity index (χ1) is 6.38. The second kappa shape index (κ2) is 6.01. The molecule has 0 bridgehead atoms. The zero-order chi connectivity index (χ0) is 9.52. The van der Waals surface area contributed by atoms with Crippen molar-refractivity contribution in [2.45, 2.75) is 58.8 Å². The fourth-order valence-corrected chi connectivity index (χ4v) is 2.05. The minimum atomic E-state index is 1.28. The molecule has 74 valence electrons. The molecule has 0 fully saturated rings. The Hall–Kier alpha value is -0.520. The lowest BCUT2D eigenvalue weighted by molar-refractivity contribution is 0.759. The van der Waals surface area contributed by atoms with Gasteiger partial charge in [0.25, 0.3) is 0 Å². The van der Waals surface area contributed by atoms with E-state index >= 15 is 0 Å². The van der Waals surface area contributed by atoms with Crippen LogP contribution in [-0.4, -0.2) is 0 Å². The van der Waals surface area contributed by atoms with Gasteiger partial charge in [-0.05, 0) is 37.7 Å². The Morgan fingerprint density at radius 1 is 1.15 bits per heavy atom. The molecule has 0 saturated heterocycles. The predicted molar refractivity (Wildman–Crippen MR) is 59.8 cm³/mol. The van der Waals surface area contributed by atoms with Gasteiger partial charge in [0.1, 0.15) is 0 Å². The normalized spacial score (nSPS) is 17.7. The Morgan fingerprint density at radius 2 is 1.92 bits per heavy atom. The second-order valence-corrected chi connectivity index (χ2v) is 3.92. The molecule has 13 heavy (non-hydrogen) atoms. The molecule has 0 spiro atoms. The average Bonchev–Trinajstić information content (AvgIpc) is 2.33. The van der Waals surface area contributed by atoms with Crippen molar-refractivity contribution in [3.8, 4) is 0 Å². The van der Waals surface area contributed by atoms with E-state index in [-0.39, 0.29) is 0 Å². The lowest BCUT2D eigenvalue weighted by Gasteiger charge is -2.09. The van der Waals surface area contributed by atoms with Crippen LogP contribution in [0.25, 0.3) is 0 Å². The molecular weight excluding hydrogens is 156 g/mol. The summed E-state index contributed by atoms with van der Waals surface area (Å²) in [7, 11) is 0. The van der Waals surface area contributed by atoms with E-state index < -0.39 is 0 Å². The van der Waals surface area contributed by atoms with Crippen LogP contribution in [0.3, 0.4) is 0 Å². The van der Waals surface area contributed by atoms with Crippen molar-refractivity contribution in [2.24, 2.45) is 0 Å². The van der Waals surface area contributed by atoms with Crippen LogP contribution < -0.4 is 0 Å². The van der Waals surface area contributed by atoms with Gasteiger partial charge in [-0.25, -0.2) is 0 Å². The highest BCUT2D eigenvalue weighted by atomic mass is 14.1. The molecule has 0 aromatic rings. The van der Waals surface area contributed by atoms with Crippen LogP contribution in [0.5, 0.6) is 0 Å². The Labute approximate surface area is 82.7 Å². The Bertz CT molecular complexity index is 192. The standard InChI is InChI=1S/C13H22/c1-3-8-12-10-6-5-7-11-13(12)9-4-2/h6,10H,3-5,7-9,11H2,1-2H3. The van der Waals surface area contributed by atoms with Crippen LogP contribution in [0.15, 0.2) is 23.3 Å². The quantitative estimate of drug-likeness (QED) is 0.589. The van der Waals surface area contributed by atoms with Gasteiger partial charge in [-0.2, -0.15) is 0 Å². The van der Waals surface area contributed by atoms with Crippen LogP contribution >= 0.6 is 0 Å². The van der Waals surface area contributed by atoms with Gasteiger partial charge in [0, 0.05) is 0 Å². The van der Waals surface area contributed by atoms with E-state index in [0.717, 1.165) is 0 Å². The fraction of sp³-hybridized carbons (Fsp3) is 0.692. The zero-order valence-corrected chi connectivity index (χ0v) is 9.10. The van der Waals surface area contributed by atoms with Gasteiger partial charge in [-0.1, -0.05) is 44.4 Å². The summed E-state index contributed by atoms with van der Waals surface area (Å²) >= 11 is 0. The minimum Gasteiger partial charge on any atom is -0.0843 e. The summed E-state index contributed by atoms with van der Waals surface area (Å²) in [6, 6.07) is 0. The van der Waals surface area contributed by atoms with Crippen molar-refractivity contribution in [3.63, 3.8) is 0 Å².